The minimum Gasteiger partial charge on any atom is -0.491 e. The van der Waals surface area contributed by atoms with Crippen LogP contribution >= 0.6 is 0 Å². The van der Waals surface area contributed by atoms with Crippen LogP contribution in [0.1, 0.15) is 15.9 Å². The van der Waals surface area contributed by atoms with Gasteiger partial charge in [0.1, 0.15) is 17.9 Å². The van der Waals surface area contributed by atoms with Crippen molar-refractivity contribution in [3.8, 4) is 5.75 Å². The molecule has 0 fully saturated rings. The molecule has 0 spiro atoms. The van der Waals surface area contributed by atoms with Crippen molar-refractivity contribution >= 4 is 16.0 Å². The molecule has 1 aromatic rings. The van der Waals surface area contributed by atoms with Crippen molar-refractivity contribution < 1.29 is 22.7 Å². The van der Waals surface area contributed by atoms with Gasteiger partial charge in [-0.05, 0) is 26.1 Å². The van der Waals surface area contributed by atoms with Crippen LogP contribution in [0.15, 0.2) is 18.2 Å². The van der Waals surface area contributed by atoms with Gasteiger partial charge >= 0.3 is 5.97 Å². The molecule has 0 saturated carbocycles. The quantitative estimate of drug-likeness (QED) is 0.662. The first-order valence-corrected chi connectivity index (χ1v) is 9.06. The van der Waals surface area contributed by atoms with E-state index in [1.54, 1.807) is 19.2 Å². The monoisotopic (exact) mass is 344 g/mol. The van der Waals surface area contributed by atoms with E-state index in [0.717, 1.165) is 11.8 Å². The van der Waals surface area contributed by atoms with Crippen molar-refractivity contribution in [2.24, 2.45) is 0 Å². The zero-order valence-electron chi connectivity index (χ0n) is 14.0. The van der Waals surface area contributed by atoms with E-state index >= 15 is 0 Å². The second-order valence-electron chi connectivity index (χ2n) is 5.11. The van der Waals surface area contributed by atoms with Gasteiger partial charge < -0.3 is 14.8 Å². The molecule has 8 heteroatoms. The van der Waals surface area contributed by atoms with Crippen LogP contribution in [0.4, 0.5) is 0 Å². The highest BCUT2D eigenvalue weighted by molar-refractivity contribution is 7.88. The zero-order chi connectivity index (χ0) is 17.5. The fourth-order valence-corrected chi connectivity index (χ4v) is 2.81. The van der Waals surface area contributed by atoms with Crippen LogP contribution in [0.5, 0.6) is 5.75 Å². The number of nitrogens with one attached hydrogen (secondary N) is 1. The highest BCUT2D eigenvalue weighted by Crippen LogP contribution is 2.21. The predicted octanol–water partition coefficient (Wildman–Crippen LogP) is 0.641. The molecule has 0 aliphatic heterocycles. The van der Waals surface area contributed by atoms with Crippen molar-refractivity contribution in [3.63, 3.8) is 0 Å². The van der Waals surface area contributed by atoms with Crippen LogP contribution in [0.25, 0.3) is 0 Å². The maximum atomic E-state index is 11.8. The molecule has 0 bridgehead atoms. The first kappa shape index (κ1) is 19.4. The fourth-order valence-electron chi connectivity index (χ4n) is 1.98. The van der Waals surface area contributed by atoms with E-state index in [-0.39, 0.29) is 13.2 Å². The summed E-state index contributed by atoms with van der Waals surface area (Å²) in [5, 5.41) is 2.91. The predicted molar refractivity (Wildman–Crippen MR) is 88.4 cm³/mol. The molecule has 0 heterocycles. The molecular formula is C15H24N2O5S. The average molecular weight is 344 g/mol. The summed E-state index contributed by atoms with van der Waals surface area (Å²) < 4.78 is 35.1. The van der Waals surface area contributed by atoms with E-state index in [1.165, 1.54) is 11.4 Å². The summed E-state index contributed by atoms with van der Waals surface area (Å²) >= 11 is 0. The number of aryl methyl sites for hydroxylation is 1. The number of carbonyl (C=O) groups excluding carboxylic acids is 1. The Morgan fingerprint density at radius 1 is 1.30 bits per heavy atom. The lowest BCUT2D eigenvalue weighted by Gasteiger charge is -2.20. The Hall–Kier alpha value is -1.64. The summed E-state index contributed by atoms with van der Waals surface area (Å²) in [4.78, 5) is 11.8. The Bertz CT molecular complexity index is 631. The van der Waals surface area contributed by atoms with Gasteiger partial charge in [0, 0.05) is 19.6 Å². The largest absolute Gasteiger partial charge is 0.491 e. The average Bonchev–Trinajstić information content (AvgIpc) is 2.49. The lowest BCUT2D eigenvalue weighted by atomic mass is 10.1. The maximum absolute atomic E-state index is 11.8. The van der Waals surface area contributed by atoms with Crippen LogP contribution in [0.3, 0.4) is 0 Å². The van der Waals surface area contributed by atoms with E-state index in [2.05, 4.69) is 5.32 Å². The maximum Gasteiger partial charge on any atom is 0.341 e. The molecule has 0 aliphatic carbocycles. The third kappa shape index (κ3) is 6.17. The smallest absolute Gasteiger partial charge is 0.341 e. The first-order valence-electron chi connectivity index (χ1n) is 7.21. The number of carbonyl (C=O) groups is 1. The Balaban J connectivity index is 2.75. The summed E-state index contributed by atoms with van der Waals surface area (Å²) in [5.41, 5.74) is 1.23. The molecule has 0 radical (unpaired) electrons. The van der Waals surface area contributed by atoms with E-state index in [0.29, 0.717) is 24.4 Å². The number of hydrogen-bond donors (Lipinski definition) is 1. The zero-order valence-corrected chi connectivity index (χ0v) is 14.8. The van der Waals surface area contributed by atoms with Crippen LogP contribution < -0.4 is 10.1 Å². The number of hydrogen-bond acceptors (Lipinski definition) is 6. The minimum atomic E-state index is -3.31. The van der Waals surface area contributed by atoms with E-state index < -0.39 is 16.0 Å². The number of nitrogens with zero attached hydrogens (tertiary/aromatic N) is 1. The summed E-state index contributed by atoms with van der Waals surface area (Å²) in [6, 6.07) is 5.17. The van der Waals surface area contributed by atoms with Gasteiger partial charge in [-0.15, -0.1) is 0 Å². The van der Waals surface area contributed by atoms with Crippen molar-refractivity contribution in [3.05, 3.63) is 29.3 Å². The van der Waals surface area contributed by atoms with E-state index in [1.807, 2.05) is 13.0 Å². The van der Waals surface area contributed by atoms with Gasteiger partial charge in [-0.2, -0.15) is 4.31 Å². The van der Waals surface area contributed by atoms with Crippen molar-refractivity contribution in [2.75, 3.05) is 46.7 Å². The normalized spacial score (nSPS) is 11.5. The number of likely N-dealkylation sites (N-methyl/N-ethyl adjacent to an activating group) is 1. The minimum absolute atomic E-state index is 0.143. The summed E-state index contributed by atoms with van der Waals surface area (Å²) in [5.74, 6) is -0.108. The lowest BCUT2D eigenvalue weighted by molar-refractivity contribution is 0.0595. The van der Waals surface area contributed by atoms with E-state index in [9.17, 15) is 13.2 Å². The molecule has 0 aromatic heterocycles. The van der Waals surface area contributed by atoms with Crippen LogP contribution in [-0.4, -0.2) is 65.3 Å². The molecule has 23 heavy (non-hydrogen) atoms. The number of esters is 1. The lowest BCUT2D eigenvalue weighted by Crippen LogP contribution is -2.38. The van der Waals surface area contributed by atoms with Crippen LogP contribution in [0.2, 0.25) is 0 Å². The second-order valence-corrected chi connectivity index (χ2v) is 7.09. The Morgan fingerprint density at radius 2 is 2.00 bits per heavy atom. The van der Waals surface area contributed by atoms with Gasteiger partial charge in [0.05, 0.1) is 13.4 Å². The summed E-state index contributed by atoms with van der Waals surface area (Å²) in [6.07, 6.45) is 1.16. The molecule has 1 N–H and O–H groups in total. The van der Waals surface area contributed by atoms with Gasteiger partial charge in [-0.25, -0.2) is 13.2 Å². The van der Waals surface area contributed by atoms with Gasteiger partial charge in [0.2, 0.25) is 10.0 Å². The molecule has 130 valence electrons. The topological polar surface area (TPSA) is 84.9 Å². The number of ether oxygens (including phenoxy) is 2. The van der Waals surface area contributed by atoms with Gasteiger partial charge in [-0.3, -0.25) is 0 Å². The van der Waals surface area contributed by atoms with Gasteiger partial charge in [0.15, 0.2) is 0 Å². The molecule has 0 aliphatic rings. The van der Waals surface area contributed by atoms with Crippen molar-refractivity contribution in [2.45, 2.75) is 6.92 Å². The summed E-state index contributed by atoms with van der Waals surface area (Å²) in [6.45, 7) is 3.11. The van der Waals surface area contributed by atoms with Crippen LogP contribution in [-0.2, 0) is 14.8 Å². The molecule has 1 rings (SSSR count). The highest BCUT2D eigenvalue weighted by atomic mass is 32.2. The third-order valence-electron chi connectivity index (χ3n) is 3.22. The molecule has 0 unspecified atom stereocenters. The molecule has 0 atom stereocenters. The SMILES string of the molecule is CNCCN(CCOc1ccc(C)cc1C(=O)OC)S(C)(=O)=O. The molecule has 7 nitrogen and oxygen atoms in total. The number of rotatable bonds is 9. The van der Waals surface area contributed by atoms with E-state index in [4.69, 9.17) is 9.47 Å². The fraction of sp³-hybridized carbons (Fsp3) is 0.533. The molecule has 0 amide bonds. The third-order valence-corrected chi connectivity index (χ3v) is 4.52. The van der Waals surface area contributed by atoms with Crippen molar-refractivity contribution in [1.82, 2.24) is 9.62 Å². The standard InChI is InChI=1S/C15H24N2O5S/c1-12-5-6-14(13(11-12)15(18)21-3)22-10-9-17(8-7-16-2)23(4,19)20/h5-6,11,16H,7-10H2,1-4H3. The number of sulfonamides is 1. The molecular weight excluding hydrogens is 320 g/mol. The second kappa shape index (κ2) is 8.85. The number of methoxy groups -OCH3 is 1. The van der Waals surface area contributed by atoms with Gasteiger partial charge in [0.25, 0.3) is 0 Å². The van der Waals surface area contributed by atoms with Crippen LogP contribution in [0, 0.1) is 6.92 Å². The Morgan fingerprint density at radius 3 is 2.57 bits per heavy atom. The Kier molecular flexibility index (Phi) is 7.47. The highest BCUT2D eigenvalue weighted by Gasteiger charge is 2.17. The van der Waals surface area contributed by atoms with Crippen molar-refractivity contribution in [1.29, 1.82) is 0 Å². The summed E-state index contributed by atoms with van der Waals surface area (Å²) in [7, 11) is -0.249. The molecule has 0 saturated heterocycles. The first-order chi connectivity index (χ1) is 10.8. The Labute approximate surface area is 137 Å². The van der Waals surface area contributed by atoms with Gasteiger partial charge in [-0.1, -0.05) is 11.6 Å². The number of benzene rings is 1. The molecule has 1 aromatic carbocycles.